The van der Waals surface area contributed by atoms with Crippen molar-refractivity contribution < 1.29 is 27.9 Å². The van der Waals surface area contributed by atoms with Crippen molar-refractivity contribution in [2.45, 2.75) is 24.2 Å². The highest BCUT2D eigenvalue weighted by atomic mass is 32.2. The number of carbonyl (C=O) groups excluding carboxylic acids is 1. The molecule has 1 amide bonds. The van der Waals surface area contributed by atoms with Gasteiger partial charge in [-0.3, -0.25) is 9.59 Å². The van der Waals surface area contributed by atoms with Crippen molar-refractivity contribution in [3.63, 3.8) is 0 Å². The second kappa shape index (κ2) is 7.01. The average molecular weight is 385 g/mol. The van der Waals surface area contributed by atoms with Crippen LogP contribution in [0.25, 0.3) is 0 Å². The number of likely N-dealkylation sites (tertiary alicyclic amines) is 1. The van der Waals surface area contributed by atoms with E-state index < -0.39 is 21.4 Å². The molecular formula is C16H23N3O6S. The summed E-state index contributed by atoms with van der Waals surface area (Å²) in [5, 5.41) is 9.61. The number of carboxylic acids is 1. The number of amides is 1. The molecule has 1 aliphatic heterocycles. The molecule has 1 aromatic heterocycles. The monoisotopic (exact) mass is 385 g/mol. The lowest BCUT2D eigenvalue weighted by atomic mass is 9.81. The van der Waals surface area contributed by atoms with Crippen molar-refractivity contribution >= 4 is 21.9 Å². The number of nitrogens with one attached hydrogen (secondary N) is 2. The molecule has 10 heteroatoms. The predicted octanol–water partition coefficient (Wildman–Crippen LogP) is 0.266. The zero-order chi connectivity index (χ0) is 18.9. The van der Waals surface area contributed by atoms with Gasteiger partial charge in [0.05, 0.1) is 12.0 Å². The number of carboxylic acid groups (broad SMARTS) is 1. The van der Waals surface area contributed by atoms with Gasteiger partial charge in [-0.15, -0.1) is 0 Å². The Kier molecular flexibility index (Phi) is 5.09. The fraction of sp³-hybridized carbons (Fsp3) is 0.625. The van der Waals surface area contributed by atoms with Crippen LogP contribution in [0.15, 0.2) is 17.2 Å². The van der Waals surface area contributed by atoms with Gasteiger partial charge >= 0.3 is 5.97 Å². The van der Waals surface area contributed by atoms with Crippen molar-refractivity contribution in [3.8, 4) is 0 Å². The van der Waals surface area contributed by atoms with Crippen molar-refractivity contribution in [2.24, 2.45) is 11.3 Å². The molecule has 26 heavy (non-hydrogen) atoms. The van der Waals surface area contributed by atoms with E-state index in [1.165, 1.54) is 24.3 Å². The second-order valence-corrected chi connectivity index (χ2v) is 8.64. The first kappa shape index (κ1) is 18.9. The summed E-state index contributed by atoms with van der Waals surface area (Å²) in [6.45, 7) is 0.918. The summed E-state index contributed by atoms with van der Waals surface area (Å²) in [7, 11) is -2.27. The molecule has 2 fully saturated rings. The standard InChI is InChI=1S/C16H23N3O6S/c1-25-6-5-18-26(23,24)12-7-13(17-8-12)14(20)19-9-11-3-2-4-16(11,10-19)15(21)22/h7-8,11,17-18H,2-6,9-10H2,1H3,(H,21,22)/t11-,16+/m0/s1. The molecule has 0 aromatic carbocycles. The number of aromatic amines is 1. The number of aliphatic carboxylic acids is 1. The Bertz CT molecular complexity index is 805. The summed E-state index contributed by atoms with van der Waals surface area (Å²) < 4.78 is 31.5. The van der Waals surface area contributed by atoms with E-state index in [4.69, 9.17) is 4.74 Å². The summed E-state index contributed by atoms with van der Waals surface area (Å²) in [5.41, 5.74) is -0.726. The number of nitrogens with zero attached hydrogens (tertiary/aromatic N) is 1. The van der Waals surface area contributed by atoms with E-state index in [-0.39, 0.29) is 42.1 Å². The topological polar surface area (TPSA) is 129 Å². The number of ether oxygens (including phenoxy) is 1. The number of rotatable bonds is 7. The zero-order valence-electron chi connectivity index (χ0n) is 14.5. The molecule has 2 atom stereocenters. The lowest BCUT2D eigenvalue weighted by molar-refractivity contribution is -0.149. The molecule has 0 bridgehead atoms. The molecule has 0 spiro atoms. The third-order valence-electron chi connectivity index (χ3n) is 5.38. The molecule has 0 unspecified atom stereocenters. The maximum atomic E-state index is 12.7. The van der Waals surface area contributed by atoms with Crippen LogP contribution in [0, 0.1) is 11.3 Å². The Morgan fingerprint density at radius 3 is 2.92 bits per heavy atom. The zero-order valence-corrected chi connectivity index (χ0v) is 15.3. The molecule has 1 aliphatic carbocycles. The molecule has 2 aliphatic rings. The molecule has 9 nitrogen and oxygen atoms in total. The fourth-order valence-electron chi connectivity index (χ4n) is 3.98. The molecular weight excluding hydrogens is 362 g/mol. The third-order valence-corrected chi connectivity index (χ3v) is 6.82. The van der Waals surface area contributed by atoms with Crippen LogP contribution < -0.4 is 4.72 Å². The molecule has 1 saturated heterocycles. The molecule has 3 N–H and O–H groups in total. The Balaban J connectivity index is 1.72. The van der Waals surface area contributed by atoms with Gasteiger partial charge in [-0.05, 0) is 24.8 Å². The SMILES string of the molecule is COCCNS(=O)(=O)c1c[nH]c(C(=O)N2C[C@@H]3CCC[C@@]3(C(=O)O)C2)c1. The Hall–Kier alpha value is -1.91. The summed E-state index contributed by atoms with van der Waals surface area (Å²) in [5.74, 6) is -1.27. The summed E-state index contributed by atoms with van der Waals surface area (Å²) in [6, 6.07) is 1.28. The maximum Gasteiger partial charge on any atom is 0.311 e. The van der Waals surface area contributed by atoms with E-state index in [1.54, 1.807) is 0 Å². The number of carbonyl (C=O) groups is 2. The number of hydrogen-bond donors (Lipinski definition) is 3. The highest BCUT2D eigenvalue weighted by molar-refractivity contribution is 7.89. The maximum absolute atomic E-state index is 12.7. The molecule has 2 heterocycles. The van der Waals surface area contributed by atoms with Gasteiger partial charge in [0.2, 0.25) is 10.0 Å². The lowest BCUT2D eigenvalue weighted by Gasteiger charge is -2.23. The molecule has 0 radical (unpaired) electrons. The number of sulfonamides is 1. The van der Waals surface area contributed by atoms with Crippen LogP contribution in [0.4, 0.5) is 0 Å². The normalized spacial score (nSPS) is 25.4. The third kappa shape index (κ3) is 3.24. The van der Waals surface area contributed by atoms with Crippen LogP contribution in [0.2, 0.25) is 0 Å². The Morgan fingerprint density at radius 2 is 2.27 bits per heavy atom. The van der Waals surface area contributed by atoms with Crippen LogP contribution in [-0.2, 0) is 19.6 Å². The highest BCUT2D eigenvalue weighted by Gasteiger charge is 2.55. The number of methoxy groups -OCH3 is 1. The largest absolute Gasteiger partial charge is 0.481 e. The minimum atomic E-state index is -3.74. The first-order valence-electron chi connectivity index (χ1n) is 8.50. The smallest absolute Gasteiger partial charge is 0.311 e. The first-order valence-corrected chi connectivity index (χ1v) is 9.98. The van der Waals surface area contributed by atoms with Gasteiger partial charge in [0, 0.05) is 32.9 Å². The van der Waals surface area contributed by atoms with Gasteiger partial charge in [0.25, 0.3) is 5.91 Å². The van der Waals surface area contributed by atoms with Crippen LogP contribution in [0.1, 0.15) is 29.8 Å². The van der Waals surface area contributed by atoms with Crippen molar-refractivity contribution in [3.05, 3.63) is 18.0 Å². The average Bonchev–Trinajstić information content (AvgIpc) is 3.28. The predicted molar refractivity (Wildman–Crippen MR) is 91.2 cm³/mol. The summed E-state index contributed by atoms with van der Waals surface area (Å²) in [4.78, 5) is 28.6. The van der Waals surface area contributed by atoms with Crippen molar-refractivity contribution in [2.75, 3.05) is 33.4 Å². The van der Waals surface area contributed by atoms with Gasteiger partial charge in [0.1, 0.15) is 10.6 Å². The Morgan fingerprint density at radius 1 is 1.50 bits per heavy atom. The molecule has 3 rings (SSSR count). The van der Waals surface area contributed by atoms with Gasteiger partial charge in [0.15, 0.2) is 0 Å². The lowest BCUT2D eigenvalue weighted by Crippen LogP contribution is -2.37. The van der Waals surface area contributed by atoms with Crippen LogP contribution in [0.3, 0.4) is 0 Å². The van der Waals surface area contributed by atoms with Crippen LogP contribution in [-0.4, -0.2) is 68.6 Å². The number of fused-ring (bicyclic) bond motifs is 1. The van der Waals surface area contributed by atoms with E-state index in [0.29, 0.717) is 13.0 Å². The molecule has 1 saturated carbocycles. The van der Waals surface area contributed by atoms with E-state index in [1.807, 2.05) is 0 Å². The van der Waals surface area contributed by atoms with E-state index in [0.717, 1.165) is 12.8 Å². The summed E-state index contributed by atoms with van der Waals surface area (Å²) >= 11 is 0. The van der Waals surface area contributed by atoms with Gasteiger partial charge in [-0.25, -0.2) is 13.1 Å². The minimum Gasteiger partial charge on any atom is -0.481 e. The quantitative estimate of drug-likeness (QED) is 0.578. The number of hydrogen-bond acceptors (Lipinski definition) is 5. The van der Waals surface area contributed by atoms with E-state index >= 15 is 0 Å². The van der Waals surface area contributed by atoms with Crippen LogP contribution >= 0.6 is 0 Å². The number of aromatic nitrogens is 1. The van der Waals surface area contributed by atoms with Crippen LogP contribution in [0.5, 0.6) is 0 Å². The van der Waals surface area contributed by atoms with E-state index in [2.05, 4.69) is 9.71 Å². The van der Waals surface area contributed by atoms with Crippen molar-refractivity contribution in [1.82, 2.24) is 14.6 Å². The molecule has 144 valence electrons. The number of H-pyrrole nitrogens is 1. The van der Waals surface area contributed by atoms with Gasteiger partial charge < -0.3 is 19.7 Å². The minimum absolute atomic E-state index is 0.0377. The molecule has 1 aromatic rings. The Labute approximate surface area is 151 Å². The first-order chi connectivity index (χ1) is 12.3. The fourth-order valence-corrected chi connectivity index (χ4v) is 4.98. The highest BCUT2D eigenvalue weighted by Crippen LogP contribution is 2.49. The summed E-state index contributed by atoms with van der Waals surface area (Å²) in [6.07, 6.45) is 3.48. The second-order valence-electron chi connectivity index (χ2n) is 6.88. The van der Waals surface area contributed by atoms with Gasteiger partial charge in [-0.1, -0.05) is 6.42 Å². The van der Waals surface area contributed by atoms with Crippen molar-refractivity contribution in [1.29, 1.82) is 0 Å². The van der Waals surface area contributed by atoms with Gasteiger partial charge in [-0.2, -0.15) is 0 Å². The van der Waals surface area contributed by atoms with E-state index in [9.17, 15) is 23.1 Å².